The third kappa shape index (κ3) is 17.9. The number of hydrogen-bond donors (Lipinski definition) is 13. The number of likely N-dealkylation sites (tertiary alicyclic amines) is 1. The fraction of sp³-hybridized carbons (Fsp3) is 0.744. The van der Waals surface area contributed by atoms with Crippen LogP contribution < -0.4 is 42.5 Å². The van der Waals surface area contributed by atoms with Gasteiger partial charge in [-0.1, -0.05) is 48.0 Å². The van der Waals surface area contributed by atoms with Crippen molar-refractivity contribution in [1.29, 1.82) is 0 Å². The first-order valence-electron chi connectivity index (χ1n) is 22.9. The van der Waals surface area contributed by atoms with Crippen LogP contribution in [-0.2, 0) is 52.7 Å². The predicted molar refractivity (Wildman–Crippen MR) is 239 cm³/mol. The van der Waals surface area contributed by atoms with Crippen LogP contribution in [-0.4, -0.2) is 176 Å². The lowest BCUT2D eigenvalue weighted by Crippen LogP contribution is -2.62. The third-order valence-corrected chi connectivity index (χ3v) is 11.7. The Morgan fingerprint density at radius 3 is 1.71 bits per heavy atom. The lowest BCUT2D eigenvalue weighted by atomic mass is 9.96. The van der Waals surface area contributed by atoms with Crippen molar-refractivity contribution < 1.29 is 78.3 Å². The molecule has 2 aliphatic heterocycles. The van der Waals surface area contributed by atoms with Crippen LogP contribution in [0.2, 0.25) is 0 Å². The highest BCUT2D eigenvalue weighted by molar-refractivity contribution is 5.99. The Bertz CT molecular complexity index is 1820. The molecule has 11 atom stereocenters. The molecule has 2 saturated heterocycles. The molecule has 0 aromatic heterocycles. The standard InChI is InChI=1S/C43H71N9O16/c1-8-22(6)33(50-36(60)25(13-14-30(55)56)45-35(59)24-11-9-15-44-24)41(65)47-26(17-20(2)3)37(61)46-27(18-31(57)58)38(62)49-32(21(4)5)42(66)52-16-10-12-29(52)40(64)48-28(19-53)39(63)51-34(23(7)54)43(67)68/h20-29,32-34,44,53-54H,8-19H2,1-7H3,(H,45,59)(H,46,61)(H,47,65)(H,48,64)(H,49,62)(H,50,60)(H,51,63)(H,55,56)(H,57,58)(H,67,68). The Morgan fingerprint density at radius 2 is 1.19 bits per heavy atom. The lowest BCUT2D eigenvalue weighted by molar-refractivity contribution is -0.146. The average molecular weight is 970 g/mol. The molecule has 384 valence electrons. The number of aliphatic carboxylic acids is 3. The van der Waals surface area contributed by atoms with Crippen molar-refractivity contribution in [3.8, 4) is 0 Å². The number of hydrogen-bond acceptors (Lipinski definition) is 14. The van der Waals surface area contributed by atoms with Gasteiger partial charge in [0.1, 0.15) is 42.3 Å². The van der Waals surface area contributed by atoms with E-state index in [0.717, 1.165) is 18.2 Å². The van der Waals surface area contributed by atoms with Crippen LogP contribution in [0.3, 0.4) is 0 Å². The minimum absolute atomic E-state index is 0.00859. The van der Waals surface area contributed by atoms with Crippen LogP contribution >= 0.6 is 0 Å². The molecule has 25 heteroatoms. The molecule has 11 unspecified atom stereocenters. The van der Waals surface area contributed by atoms with E-state index in [-0.39, 0.29) is 31.7 Å². The zero-order valence-corrected chi connectivity index (χ0v) is 39.7. The number of carboxylic acid groups (broad SMARTS) is 3. The smallest absolute Gasteiger partial charge is 0.328 e. The van der Waals surface area contributed by atoms with Gasteiger partial charge in [-0.3, -0.25) is 47.9 Å². The number of nitrogens with one attached hydrogen (secondary N) is 8. The molecular weight excluding hydrogens is 899 g/mol. The lowest BCUT2D eigenvalue weighted by Gasteiger charge is -2.32. The van der Waals surface area contributed by atoms with Crippen LogP contribution in [0.1, 0.15) is 106 Å². The normalized spacial score (nSPS) is 19.7. The Morgan fingerprint density at radius 1 is 0.632 bits per heavy atom. The van der Waals surface area contributed by atoms with E-state index in [1.807, 2.05) is 5.32 Å². The molecule has 2 fully saturated rings. The molecule has 25 nitrogen and oxygen atoms in total. The zero-order chi connectivity index (χ0) is 51.6. The van der Waals surface area contributed by atoms with Crippen molar-refractivity contribution in [2.75, 3.05) is 19.7 Å². The molecule has 0 radical (unpaired) electrons. The van der Waals surface area contributed by atoms with E-state index in [1.165, 1.54) is 0 Å². The zero-order valence-electron chi connectivity index (χ0n) is 39.7. The second-order valence-corrected chi connectivity index (χ2v) is 18.1. The maximum atomic E-state index is 14.1. The highest BCUT2D eigenvalue weighted by Gasteiger charge is 2.42. The Labute approximate surface area is 394 Å². The summed E-state index contributed by atoms with van der Waals surface area (Å²) in [6, 6.07) is -12.5. The van der Waals surface area contributed by atoms with Crippen LogP contribution in [0, 0.1) is 17.8 Å². The second-order valence-electron chi connectivity index (χ2n) is 18.1. The van der Waals surface area contributed by atoms with Gasteiger partial charge in [0.2, 0.25) is 47.3 Å². The molecule has 2 rings (SSSR count). The van der Waals surface area contributed by atoms with Crippen molar-refractivity contribution in [2.24, 2.45) is 17.8 Å². The Hall–Kier alpha value is -5.95. The third-order valence-electron chi connectivity index (χ3n) is 11.7. The van der Waals surface area contributed by atoms with E-state index < -0.39 is 157 Å². The van der Waals surface area contributed by atoms with E-state index >= 15 is 0 Å². The van der Waals surface area contributed by atoms with Crippen molar-refractivity contribution in [1.82, 2.24) is 47.4 Å². The van der Waals surface area contributed by atoms with Gasteiger partial charge in [-0.05, 0) is 69.7 Å². The number of aliphatic hydroxyl groups excluding tert-OH is 2. The fourth-order valence-electron chi connectivity index (χ4n) is 7.65. The van der Waals surface area contributed by atoms with E-state index in [9.17, 15) is 78.3 Å². The van der Waals surface area contributed by atoms with Gasteiger partial charge in [-0.15, -0.1) is 0 Å². The maximum absolute atomic E-state index is 14.1. The molecule has 0 aromatic carbocycles. The van der Waals surface area contributed by atoms with Crippen molar-refractivity contribution >= 4 is 65.2 Å². The summed E-state index contributed by atoms with van der Waals surface area (Å²) in [4.78, 5) is 145. The Kier molecular flexibility index (Phi) is 23.8. The molecule has 0 saturated carbocycles. The largest absolute Gasteiger partial charge is 0.481 e. The maximum Gasteiger partial charge on any atom is 0.328 e. The van der Waals surface area contributed by atoms with Gasteiger partial charge in [0.05, 0.1) is 25.2 Å². The molecule has 0 bridgehead atoms. The van der Waals surface area contributed by atoms with Crippen molar-refractivity contribution in [2.45, 2.75) is 167 Å². The number of amides is 8. The van der Waals surface area contributed by atoms with E-state index in [0.29, 0.717) is 25.8 Å². The number of rotatable bonds is 28. The number of carboxylic acids is 3. The summed E-state index contributed by atoms with van der Waals surface area (Å²) in [5.74, 6) is -12.9. The summed E-state index contributed by atoms with van der Waals surface area (Å²) in [7, 11) is 0. The highest BCUT2D eigenvalue weighted by Crippen LogP contribution is 2.21. The van der Waals surface area contributed by atoms with Crippen LogP contribution in [0.4, 0.5) is 0 Å². The highest BCUT2D eigenvalue weighted by atomic mass is 16.4. The Balaban J connectivity index is 2.30. The molecule has 8 amide bonds. The summed E-state index contributed by atoms with van der Waals surface area (Å²) in [5, 5.41) is 68.0. The van der Waals surface area contributed by atoms with Crippen LogP contribution in [0.25, 0.3) is 0 Å². The SMILES string of the molecule is CCC(C)C(NC(=O)C(CCC(=O)O)NC(=O)C1CCCN1)C(=O)NC(CC(C)C)C(=O)NC(CC(=O)O)C(=O)NC(C(=O)N1CCCC1C(=O)NC(CO)C(=O)NC(C(=O)O)C(C)O)C(C)C. The molecule has 2 heterocycles. The number of carbonyl (C=O) groups excluding carboxylic acids is 8. The fourth-order valence-corrected chi connectivity index (χ4v) is 7.65. The average Bonchev–Trinajstić information content (AvgIpc) is 3.99. The van der Waals surface area contributed by atoms with Gasteiger partial charge < -0.3 is 73.0 Å². The second kappa shape index (κ2) is 27.8. The van der Waals surface area contributed by atoms with Gasteiger partial charge in [0.25, 0.3) is 0 Å². The van der Waals surface area contributed by atoms with E-state index in [4.69, 9.17) is 0 Å². The summed E-state index contributed by atoms with van der Waals surface area (Å²) in [6.45, 7) is 10.7. The molecule has 0 aliphatic carbocycles. The van der Waals surface area contributed by atoms with Gasteiger partial charge in [0, 0.05) is 13.0 Å². The van der Waals surface area contributed by atoms with Crippen LogP contribution in [0.15, 0.2) is 0 Å². The first kappa shape index (κ1) is 58.2. The summed E-state index contributed by atoms with van der Waals surface area (Å²) >= 11 is 0. The molecular formula is C43H71N9O16. The predicted octanol–water partition coefficient (Wildman–Crippen LogP) is -3.33. The monoisotopic (exact) mass is 970 g/mol. The first-order chi connectivity index (χ1) is 31.8. The molecule has 68 heavy (non-hydrogen) atoms. The van der Waals surface area contributed by atoms with E-state index in [1.54, 1.807) is 41.5 Å². The first-order valence-corrected chi connectivity index (χ1v) is 22.9. The summed E-state index contributed by atoms with van der Waals surface area (Å²) in [5.41, 5.74) is 0. The van der Waals surface area contributed by atoms with Crippen molar-refractivity contribution in [3.63, 3.8) is 0 Å². The van der Waals surface area contributed by atoms with Gasteiger partial charge in [-0.2, -0.15) is 0 Å². The number of nitrogens with zero attached hydrogens (tertiary/aromatic N) is 1. The minimum atomic E-state index is -1.81. The minimum Gasteiger partial charge on any atom is -0.481 e. The quantitative estimate of drug-likeness (QED) is 0.0365. The molecule has 0 aromatic rings. The van der Waals surface area contributed by atoms with Gasteiger partial charge in [-0.25, -0.2) is 4.79 Å². The molecule has 0 spiro atoms. The van der Waals surface area contributed by atoms with Crippen LogP contribution in [0.5, 0.6) is 0 Å². The van der Waals surface area contributed by atoms with Crippen molar-refractivity contribution in [3.05, 3.63) is 0 Å². The van der Waals surface area contributed by atoms with Gasteiger partial charge >= 0.3 is 17.9 Å². The topological polar surface area (TPSA) is 388 Å². The van der Waals surface area contributed by atoms with E-state index in [2.05, 4.69) is 37.2 Å². The molecule has 13 N–H and O–H groups in total. The summed E-state index contributed by atoms with van der Waals surface area (Å²) in [6.07, 6.45) is -1.34. The summed E-state index contributed by atoms with van der Waals surface area (Å²) < 4.78 is 0. The van der Waals surface area contributed by atoms with Gasteiger partial charge in [0.15, 0.2) is 6.04 Å². The molecule has 2 aliphatic rings. The number of aliphatic hydroxyl groups is 2. The number of carbonyl (C=O) groups is 11.